The Balaban J connectivity index is 1.48. The first kappa shape index (κ1) is 13.3. The second-order valence-electron chi connectivity index (χ2n) is 5.18. The van der Waals surface area contributed by atoms with Crippen molar-refractivity contribution in [3.8, 4) is 0 Å². The number of aryl methyl sites for hydroxylation is 1. The molecular formula is C15H17BrN2S. The molecule has 0 aliphatic heterocycles. The summed E-state index contributed by atoms with van der Waals surface area (Å²) >= 11 is 5.29. The maximum absolute atomic E-state index is 4.48. The Morgan fingerprint density at radius 3 is 2.95 bits per heavy atom. The van der Waals surface area contributed by atoms with Gasteiger partial charge in [-0.1, -0.05) is 28.1 Å². The number of nitrogens with zero attached hydrogens (tertiary/aromatic N) is 1. The maximum Gasteiger partial charge on any atom is 0.107 e. The lowest BCUT2D eigenvalue weighted by Gasteiger charge is -2.36. The number of thiazole rings is 1. The van der Waals surface area contributed by atoms with Gasteiger partial charge in [-0.15, -0.1) is 11.3 Å². The summed E-state index contributed by atoms with van der Waals surface area (Å²) in [5, 5.41) is 6.91. The van der Waals surface area contributed by atoms with Crippen LogP contribution in [0, 0.1) is 6.92 Å². The minimum absolute atomic E-state index is 0.646. The van der Waals surface area contributed by atoms with Gasteiger partial charge in [-0.25, -0.2) is 4.98 Å². The molecule has 1 aromatic carbocycles. The minimum Gasteiger partial charge on any atom is -0.308 e. The third kappa shape index (κ3) is 3.25. The molecule has 1 saturated carbocycles. The van der Waals surface area contributed by atoms with Crippen molar-refractivity contribution in [3.05, 3.63) is 50.4 Å². The largest absolute Gasteiger partial charge is 0.308 e. The van der Waals surface area contributed by atoms with Gasteiger partial charge in [0.2, 0.25) is 0 Å². The Labute approximate surface area is 126 Å². The first-order chi connectivity index (χ1) is 9.20. The molecule has 1 aliphatic rings. The van der Waals surface area contributed by atoms with Gasteiger partial charge in [0.15, 0.2) is 0 Å². The summed E-state index contributed by atoms with van der Waals surface area (Å²) in [5.41, 5.74) is 2.58. The highest BCUT2D eigenvalue weighted by atomic mass is 79.9. The maximum atomic E-state index is 4.48. The van der Waals surface area contributed by atoms with Crippen molar-refractivity contribution in [1.29, 1.82) is 0 Å². The first-order valence-corrected chi connectivity index (χ1v) is 8.28. The standard InChI is InChI=1S/C15H17BrN2S/c1-10-9-19-15(18-10)8-17-14-6-12(7-14)11-3-2-4-13(16)5-11/h2-5,9,12,14,17H,6-8H2,1H3. The van der Waals surface area contributed by atoms with Gasteiger partial charge in [-0.2, -0.15) is 0 Å². The molecule has 1 N–H and O–H groups in total. The summed E-state index contributed by atoms with van der Waals surface area (Å²) in [6.07, 6.45) is 2.47. The monoisotopic (exact) mass is 336 g/mol. The van der Waals surface area contributed by atoms with Gasteiger partial charge in [-0.05, 0) is 43.4 Å². The molecule has 1 fully saturated rings. The number of nitrogens with one attached hydrogen (secondary N) is 1. The molecule has 2 aromatic rings. The SMILES string of the molecule is Cc1csc(CNC2CC(c3cccc(Br)c3)C2)n1. The molecule has 2 nitrogen and oxygen atoms in total. The van der Waals surface area contributed by atoms with Crippen LogP contribution >= 0.6 is 27.3 Å². The van der Waals surface area contributed by atoms with Crippen LogP contribution in [0.5, 0.6) is 0 Å². The van der Waals surface area contributed by atoms with Crippen LogP contribution in [0.15, 0.2) is 34.1 Å². The van der Waals surface area contributed by atoms with E-state index in [0.29, 0.717) is 12.0 Å². The molecule has 0 spiro atoms. The fourth-order valence-corrected chi connectivity index (χ4v) is 3.67. The zero-order chi connectivity index (χ0) is 13.2. The highest BCUT2D eigenvalue weighted by Crippen LogP contribution is 2.37. The summed E-state index contributed by atoms with van der Waals surface area (Å²) < 4.78 is 1.18. The van der Waals surface area contributed by atoms with E-state index in [2.05, 4.69) is 55.9 Å². The van der Waals surface area contributed by atoms with Crippen molar-refractivity contribution in [3.63, 3.8) is 0 Å². The summed E-state index contributed by atoms with van der Waals surface area (Å²) in [6, 6.07) is 9.33. The Hall–Kier alpha value is -0.710. The smallest absolute Gasteiger partial charge is 0.107 e. The molecular weight excluding hydrogens is 320 g/mol. The van der Waals surface area contributed by atoms with Gasteiger partial charge in [0, 0.05) is 28.1 Å². The summed E-state index contributed by atoms with van der Waals surface area (Å²) in [6.45, 7) is 2.96. The molecule has 100 valence electrons. The van der Waals surface area contributed by atoms with E-state index in [0.717, 1.165) is 12.2 Å². The first-order valence-electron chi connectivity index (χ1n) is 6.60. The predicted molar refractivity (Wildman–Crippen MR) is 83.6 cm³/mol. The molecule has 4 heteroatoms. The zero-order valence-corrected chi connectivity index (χ0v) is 13.3. The van der Waals surface area contributed by atoms with Crippen LogP contribution in [0.25, 0.3) is 0 Å². The van der Waals surface area contributed by atoms with Gasteiger partial charge in [0.05, 0.1) is 0 Å². The van der Waals surface area contributed by atoms with Crippen molar-refractivity contribution >= 4 is 27.3 Å². The lowest BCUT2D eigenvalue weighted by molar-refractivity contribution is 0.289. The van der Waals surface area contributed by atoms with Gasteiger partial charge in [-0.3, -0.25) is 0 Å². The minimum atomic E-state index is 0.646. The average Bonchev–Trinajstić information content (AvgIpc) is 2.73. The van der Waals surface area contributed by atoms with Crippen LogP contribution in [0.2, 0.25) is 0 Å². The Morgan fingerprint density at radius 1 is 1.42 bits per heavy atom. The van der Waals surface area contributed by atoms with E-state index >= 15 is 0 Å². The number of benzene rings is 1. The topological polar surface area (TPSA) is 24.9 Å². The molecule has 3 rings (SSSR count). The van der Waals surface area contributed by atoms with Crippen LogP contribution in [0.3, 0.4) is 0 Å². The van der Waals surface area contributed by atoms with Gasteiger partial charge in [0.25, 0.3) is 0 Å². The van der Waals surface area contributed by atoms with E-state index in [4.69, 9.17) is 0 Å². The van der Waals surface area contributed by atoms with E-state index in [-0.39, 0.29) is 0 Å². The molecule has 0 bridgehead atoms. The van der Waals surface area contributed by atoms with Crippen molar-refractivity contribution in [1.82, 2.24) is 10.3 Å². The molecule has 0 radical (unpaired) electrons. The molecule has 0 atom stereocenters. The van der Waals surface area contributed by atoms with E-state index in [1.807, 2.05) is 6.92 Å². The second kappa shape index (κ2) is 5.73. The third-order valence-electron chi connectivity index (χ3n) is 3.67. The fourth-order valence-electron chi connectivity index (χ4n) is 2.53. The number of hydrogen-bond acceptors (Lipinski definition) is 3. The summed E-state index contributed by atoms with van der Waals surface area (Å²) in [7, 11) is 0. The third-order valence-corrected chi connectivity index (χ3v) is 5.13. The van der Waals surface area contributed by atoms with Crippen molar-refractivity contribution in [2.24, 2.45) is 0 Å². The van der Waals surface area contributed by atoms with Crippen LogP contribution in [-0.2, 0) is 6.54 Å². The molecule has 1 aliphatic carbocycles. The van der Waals surface area contributed by atoms with Gasteiger partial charge >= 0.3 is 0 Å². The molecule has 0 amide bonds. The molecule has 0 unspecified atom stereocenters. The lowest BCUT2D eigenvalue weighted by Crippen LogP contribution is -2.39. The summed E-state index contributed by atoms with van der Waals surface area (Å²) in [4.78, 5) is 4.48. The lowest BCUT2D eigenvalue weighted by atomic mass is 9.76. The Morgan fingerprint density at radius 2 is 2.26 bits per heavy atom. The zero-order valence-electron chi connectivity index (χ0n) is 10.9. The molecule has 1 aromatic heterocycles. The number of aromatic nitrogens is 1. The van der Waals surface area contributed by atoms with Crippen molar-refractivity contribution < 1.29 is 0 Å². The quantitative estimate of drug-likeness (QED) is 0.902. The number of halogens is 1. The molecule has 0 saturated heterocycles. The van der Waals surface area contributed by atoms with Gasteiger partial charge < -0.3 is 5.32 Å². The van der Waals surface area contributed by atoms with Crippen LogP contribution in [0.1, 0.15) is 35.0 Å². The molecule has 1 heterocycles. The highest BCUT2D eigenvalue weighted by Gasteiger charge is 2.29. The van der Waals surface area contributed by atoms with E-state index < -0.39 is 0 Å². The fraction of sp³-hybridized carbons (Fsp3) is 0.400. The van der Waals surface area contributed by atoms with Crippen LogP contribution in [0.4, 0.5) is 0 Å². The highest BCUT2D eigenvalue weighted by molar-refractivity contribution is 9.10. The van der Waals surface area contributed by atoms with Crippen LogP contribution in [-0.4, -0.2) is 11.0 Å². The number of rotatable bonds is 4. The summed E-state index contributed by atoms with van der Waals surface area (Å²) in [5.74, 6) is 0.716. The Kier molecular flexibility index (Phi) is 4.01. The second-order valence-corrected chi connectivity index (χ2v) is 7.04. The predicted octanol–water partition coefficient (Wildman–Crippen LogP) is 4.25. The Bertz CT molecular complexity index is 561. The van der Waals surface area contributed by atoms with E-state index in [1.54, 1.807) is 11.3 Å². The number of hydrogen-bond donors (Lipinski definition) is 1. The average molecular weight is 337 g/mol. The van der Waals surface area contributed by atoms with Crippen molar-refractivity contribution in [2.75, 3.05) is 0 Å². The van der Waals surface area contributed by atoms with Gasteiger partial charge in [0.1, 0.15) is 5.01 Å². The van der Waals surface area contributed by atoms with Crippen molar-refractivity contribution in [2.45, 2.75) is 38.3 Å². The molecule has 19 heavy (non-hydrogen) atoms. The normalized spacial score (nSPS) is 22.2. The van der Waals surface area contributed by atoms with E-state index in [9.17, 15) is 0 Å². The van der Waals surface area contributed by atoms with Crippen LogP contribution < -0.4 is 5.32 Å². The van der Waals surface area contributed by atoms with E-state index in [1.165, 1.54) is 27.9 Å².